The first kappa shape index (κ1) is 14.3. The highest BCUT2D eigenvalue weighted by Crippen LogP contribution is 2.27. The van der Waals surface area contributed by atoms with E-state index in [4.69, 9.17) is 0 Å². The van der Waals surface area contributed by atoms with Crippen molar-refractivity contribution in [2.45, 2.75) is 45.1 Å². The second kappa shape index (κ2) is 7.46. The van der Waals surface area contributed by atoms with Gasteiger partial charge in [-0.25, -0.2) is 0 Å². The summed E-state index contributed by atoms with van der Waals surface area (Å²) in [4.78, 5) is 5.04. The minimum absolute atomic E-state index is 0.822. The smallest absolute Gasteiger partial charge is 0.0110 e. The second-order valence-corrected chi connectivity index (χ2v) is 6.24. The topological polar surface area (TPSA) is 18.5 Å². The van der Waals surface area contributed by atoms with Crippen LogP contribution in [0.25, 0.3) is 0 Å². The summed E-state index contributed by atoms with van der Waals surface area (Å²) >= 11 is 0. The van der Waals surface area contributed by atoms with Gasteiger partial charge in [-0.3, -0.25) is 0 Å². The molecule has 1 aliphatic heterocycles. The van der Waals surface area contributed by atoms with Crippen molar-refractivity contribution in [3.8, 4) is 0 Å². The molecule has 0 aromatic rings. The van der Waals surface area contributed by atoms with Gasteiger partial charge in [0.05, 0.1) is 0 Å². The zero-order chi connectivity index (χ0) is 12.8. The second-order valence-electron chi connectivity index (χ2n) is 6.24. The van der Waals surface area contributed by atoms with Gasteiger partial charge in [0.15, 0.2) is 0 Å². The first-order valence-corrected chi connectivity index (χ1v) is 7.92. The van der Waals surface area contributed by atoms with Crippen molar-refractivity contribution in [3.63, 3.8) is 0 Å². The van der Waals surface area contributed by atoms with Crippen LogP contribution in [0.4, 0.5) is 0 Å². The Morgan fingerprint density at radius 3 is 2.56 bits per heavy atom. The van der Waals surface area contributed by atoms with E-state index >= 15 is 0 Å². The monoisotopic (exact) mass is 253 g/mol. The van der Waals surface area contributed by atoms with Gasteiger partial charge in [0.1, 0.15) is 0 Å². The van der Waals surface area contributed by atoms with E-state index < -0.39 is 0 Å². The van der Waals surface area contributed by atoms with E-state index in [-0.39, 0.29) is 0 Å². The zero-order valence-corrected chi connectivity index (χ0v) is 12.3. The maximum absolute atomic E-state index is 3.76. The van der Waals surface area contributed by atoms with Crippen molar-refractivity contribution in [1.29, 1.82) is 0 Å². The molecule has 2 rings (SSSR count). The zero-order valence-electron chi connectivity index (χ0n) is 12.3. The van der Waals surface area contributed by atoms with E-state index in [0.29, 0.717) is 0 Å². The molecule has 18 heavy (non-hydrogen) atoms. The number of likely N-dealkylation sites (N-methyl/N-ethyl adjacent to an activating group) is 1. The van der Waals surface area contributed by atoms with Crippen LogP contribution >= 0.6 is 0 Å². The molecule has 0 bridgehead atoms. The number of piperazine rings is 1. The lowest BCUT2D eigenvalue weighted by Crippen LogP contribution is -2.45. The minimum atomic E-state index is 0.822. The SMILES string of the molecule is CCC1CCC(NCCCN2CCN(C)CC2)C1. The molecule has 0 aromatic carbocycles. The van der Waals surface area contributed by atoms with E-state index in [9.17, 15) is 0 Å². The molecular formula is C15H31N3. The standard InChI is InChI=1S/C15H31N3/c1-3-14-5-6-15(13-14)16-7-4-8-18-11-9-17(2)10-12-18/h14-16H,3-13H2,1-2H3. The number of rotatable bonds is 6. The first-order valence-electron chi connectivity index (χ1n) is 7.92. The highest BCUT2D eigenvalue weighted by molar-refractivity contribution is 4.80. The fourth-order valence-corrected chi connectivity index (χ4v) is 3.31. The van der Waals surface area contributed by atoms with Gasteiger partial charge in [0.2, 0.25) is 0 Å². The van der Waals surface area contributed by atoms with E-state index in [1.807, 2.05) is 0 Å². The number of nitrogens with one attached hydrogen (secondary N) is 1. The Bertz CT molecular complexity index is 220. The molecule has 3 heteroatoms. The Morgan fingerprint density at radius 2 is 1.89 bits per heavy atom. The fraction of sp³-hybridized carbons (Fsp3) is 1.00. The van der Waals surface area contributed by atoms with E-state index in [1.54, 1.807) is 0 Å². The Hall–Kier alpha value is -0.120. The molecule has 3 nitrogen and oxygen atoms in total. The first-order chi connectivity index (χ1) is 8.78. The van der Waals surface area contributed by atoms with Crippen LogP contribution in [0.5, 0.6) is 0 Å². The number of hydrogen-bond donors (Lipinski definition) is 1. The van der Waals surface area contributed by atoms with Crippen LogP contribution in [0, 0.1) is 5.92 Å². The third-order valence-corrected chi connectivity index (χ3v) is 4.80. The molecule has 0 radical (unpaired) electrons. The van der Waals surface area contributed by atoms with Gasteiger partial charge in [-0.2, -0.15) is 0 Å². The molecule has 2 aliphatic rings. The van der Waals surface area contributed by atoms with Crippen LogP contribution in [0.3, 0.4) is 0 Å². The highest BCUT2D eigenvalue weighted by atomic mass is 15.2. The third kappa shape index (κ3) is 4.52. The molecule has 0 amide bonds. The van der Waals surface area contributed by atoms with Crippen LogP contribution in [0.15, 0.2) is 0 Å². The highest BCUT2D eigenvalue weighted by Gasteiger charge is 2.22. The lowest BCUT2D eigenvalue weighted by molar-refractivity contribution is 0.152. The van der Waals surface area contributed by atoms with Crippen LogP contribution in [0.1, 0.15) is 39.0 Å². The molecule has 0 aromatic heterocycles. The van der Waals surface area contributed by atoms with Crippen molar-refractivity contribution in [2.24, 2.45) is 5.92 Å². The molecule has 106 valence electrons. The molecule has 1 N–H and O–H groups in total. The lowest BCUT2D eigenvalue weighted by atomic mass is 10.1. The van der Waals surface area contributed by atoms with Crippen molar-refractivity contribution < 1.29 is 0 Å². The molecule has 2 fully saturated rings. The van der Waals surface area contributed by atoms with E-state index in [0.717, 1.165) is 12.0 Å². The summed E-state index contributed by atoms with van der Waals surface area (Å²) in [7, 11) is 2.23. The Kier molecular flexibility index (Phi) is 5.93. The van der Waals surface area contributed by atoms with Gasteiger partial charge in [-0.1, -0.05) is 13.3 Å². The Morgan fingerprint density at radius 1 is 1.11 bits per heavy atom. The summed E-state index contributed by atoms with van der Waals surface area (Å²) in [5, 5.41) is 3.76. The van der Waals surface area contributed by atoms with Crippen molar-refractivity contribution in [3.05, 3.63) is 0 Å². The van der Waals surface area contributed by atoms with Gasteiger partial charge in [0, 0.05) is 32.2 Å². The summed E-state index contributed by atoms with van der Waals surface area (Å²) in [6.07, 6.45) is 6.97. The van der Waals surface area contributed by atoms with Gasteiger partial charge in [-0.15, -0.1) is 0 Å². The third-order valence-electron chi connectivity index (χ3n) is 4.80. The van der Waals surface area contributed by atoms with Crippen LogP contribution < -0.4 is 5.32 Å². The molecule has 2 unspecified atom stereocenters. The van der Waals surface area contributed by atoms with Gasteiger partial charge in [-0.05, 0) is 51.7 Å². The molecule has 1 saturated carbocycles. The van der Waals surface area contributed by atoms with E-state index in [2.05, 4.69) is 29.1 Å². The predicted molar refractivity (Wildman–Crippen MR) is 78.0 cm³/mol. The Labute approximate surface area is 113 Å². The van der Waals surface area contributed by atoms with Crippen LogP contribution in [-0.4, -0.2) is 62.2 Å². The Balaban J connectivity index is 1.49. The van der Waals surface area contributed by atoms with Gasteiger partial charge >= 0.3 is 0 Å². The summed E-state index contributed by atoms with van der Waals surface area (Å²) in [5.41, 5.74) is 0. The van der Waals surface area contributed by atoms with Crippen molar-refractivity contribution in [2.75, 3.05) is 46.3 Å². The normalized spacial score (nSPS) is 31.0. The largest absolute Gasteiger partial charge is 0.314 e. The average Bonchev–Trinajstić information content (AvgIpc) is 2.85. The molecular weight excluding hydrogens is 222 g/mol. The quantitative estimate of drug-likeness (QED) is 0.728. The maximum atomic E-state index is 3.76. The maximum Gasteiger partial charge on any atom is 0.0110 e. The molecule has 1 aliphatic carbocycles. The summed E-state index contributed by atoms with van der Waals surface area (Å²) in [5.74, 6) is 1.00. The van der Waals surface area contributed by atoms with E-state index in [1.165, 1.54) is 71.4 Å². The number of hydrogen-bond acceptors (Lipinski definition) is 3. The fourth-order valence-electron chi connectivity index (χ4n) is 3.31. The molecule has 1 saturated heterocycles. The predicted octanol–water partition coefficient (Wildman–Crippen LogP) is 1.79. The van der Waals surface area contributed by atoms with Crippen molar-refractivity contribution >= 4 is 0 Å². The van der Waals surface area contributed by atoms with Crippen molar-refractivity contribution in [1.82, 2.24) is 15.1 Å². The lowest BCUT2D eigenvalue weighted by Gasteiger charge is -2.32. The molecule has 1 heterocycles. The summed E-state index contributed by atoms with van der Waals surface area (Å²) in [6.45, 7) is 9.84. The minimum Gasteiger partial charge on any atom is -0.314 e. The summed E-state index contributed by atoms with van der Waals surface area (Å²) in [6, 6.07) is 0.822. The molecule has 2 atom stereocenters. The molecule has 0 spiro atoms. The summed E-state index contributed by atoms with van der Waals surface area (Å²) < 4.78 is 0. The van der Waals surface area contributed by atoms with Gasteiger partial charge < -0.3 is 15.1 Å². The average molecular weight is 253 g/mol. The van der Waals surface area contributed by atoms with Crippen LogP contribution in [-0.2, 0) is 0 Å². The number of nitrogens with zero attached hydrogens (tertiary/aromatic N) is 2. The van der Waals surface area contributed by atoms with Crippen LogP contribution in [0.2, 0.25) is 0 Å². The van der Waals surface area contributed by atoms with Gasteiger partial charge in [0.25, 0.3) is 0 Å².